The van der Waals surface area contributed by atoms with Crippen molar-refractivity contribution in [3.63, 3.8) is 0 Å². The molecule has 0 saturated carbocycles. The van der Waals surface area contributed by atoms with Gasteiger partial charge in [-0.1, -0.05) is 17.7 Å². The van der Waals surface area contributed by atoms with E-state index < -0.39 is 5.82 Å². The number of fused-ring (bicyclic) bond motifs is 1. The van der Waals surface area contributed by atoms with E-state index in [2.05, 4.69) is 11.9 Å². The molecule has 2 aliphatic heterocycles. The second-order valence-corrected chi connectivity index (χ2v) is 6.37. The quantitative estimate of drug-likeness (QED) is 0.834. The number of likely N-dealkylation sites (tertiary alicyclic amines) is 2. The van der Waals surface area contributed by atoms with Gasteiger partial charge in [0.25, 0.3) is 0 Å². The highest BCUT2D eigenvalue weighted by atomic mass is 35.5. The fourth-order valence-corrected chi connectivity index (χ4v) is 3.57. The minimum absolute atomic E-state index is 0.0789. The molecule has 5 heteroatoms. The molecule has 1 aromatic rings. The Balaban J connectivity index is 1.62. The highest BCUT2D eigenvalue weighted by molar-refractivity contribution is 6.30. The number of benzene rings is 1. The molecule has 2 unspecified atom stereocenters. The van der Waals surface area contributed by atoms with Gasteiger partial charge in [0.1, 0.15) is 5.82 Å². The maximum absolute atomic E-state index is 13.1. The van der Waals surface area contributed by atoms with Crippen molar-refractivity contribution in [3.8, 4) is 0 Å². The van der Waals surface area contributed by atoms with Gasteiger partial charge in [-0.05, 0) is 36.6 Å². The fraction of sp³-hybridized carbons (Fsp3) is 0.533. The molecule has 0 aromatic heterocycles. The van der Waals surface area contributed by atoms with Crippen LogP contribution in [0.4, 0.5) is 4.39 Å². The molecule has 3 rings (SSSR count). The molecule has 1 amide bonds. The summed E-state index contributed by atoms with van der Waals surface area (Å²) in [4.78, 5) is 16.6. The predicted octanol–water partition coefficient (Wildman–Crippen LogP) is 2.04. The second kappa shape index (κ2) is 5.34. The summed E-state index contributed by atoms with van der Waals surface area (Å²) in [6.07, 6.45) is 0.301. The van der Waals surface area contributed by atoms with Crippen LogP contribution < -0.4 is 0 Å². The van der Waals surface area contributed by atoms with Crippen LogP contribution in [0.15, 0.2) is 18.2 Å². The summed E-state index contributed by atoms with van der Waals surface area (Å²) < 4.78 is 13.1. The molecule has 108 valence electrons. The Kier molecular flexibility index (Phi) is 3.69. The van der Waals surface area contributed by atoms with Crippen molar-refractivity contribution in [2.75, 3.05) is 33.2 Å². The SMILES string of the molecule is CN1CC2CN(C(=O)Cc3ccc(F)c(Cl)c3)CC2C1. The van der Waals surface area contributed by atoms with Crippen LogP contribution in [0.2, 0.25) is 5.02 Å². The number of nitrogens with zero attached hydrogens (tertiary/aromatic N) is 2. The smallest absolute Gasteiger partial charge is 0.227 e. The molecule has 0 aliphatic carbocycles. The standard InChI is InChI=1S/C15H18ClFN2O/c1-18-6-11-8-19(9-12(11)7-18)15(20)5-10-2-3-14(17)13(16)4-10/h2-4,11-12H,5-9H2,1H3. The molecule has 0 N–H and O–H groups in total. The summed E-state index contributed by atoms with van der Waals surface area (Å²) >= 11 is 5.75. The summed E-state index contributed by atoms with van der Waals surface area (Å²) in [6, 6.07) is 4.49. The zero-order valence-electron chi connectivity index (χ0n) is 11.5. The molecule has 2 aliphatic rings. The van der Waals surface area contributed by atoms with Gasteiger partial charge in [-0.3, -0.25) is 4.79 Å². The van der Waals surface area contributed by atoms with Gasteiger partial charge in [-0.15, -0.1) is 0 Å². The summed E-state index contributed by atoms with van der Waals surface area (Å²) in [7, 11) is 2.13. The predicted molar refractivity (Wildman–Crippen MR) is 76.2 cm³/mol. The van der Waals surface area contributed by atoms with Gasteiger partial charge < -0.3 is 9.80 Å². The van der Waals surface area contributed by atoms with Crippen molar-refractivity contribution in [1.29, 1.82) is 0 Å². The Bertz CT molecular complexity index is 523. The second-order valence-electron chi connectivity index (χ2n) is 5.97. The monoisotopic (exact) mass is 296 g/mol. The maximum atomic E-state index is 13.1. The molecule has 0 spiro atoms. The molecule has 2 atom stereocenters. The number of hydrogen-bond donors (Lipinski definition) is 0. The lowest BCUT2D eigenvalue weighted by molar-refractivity contribution is -0.129. The highest BCUT2D eigenvalue weighted by Gasteiger charge is 2.40. The molecular weight excluding hydrogens is 279 g/mol. The first kappa shape index (κ1) is 13.8. The van der Waals surface area contributed by atoms with E-state index in [1.165, 1.54) is 6.07 Å². The van der Waals surface area contributed by atoms with Crippen LogP contribution in [0, 0.1) is 17.7 Å². The Morgan fingerprint density at radius 1 is 1.30 bits per heavy atom. The topological polar surface area (TPSA) is 23.6 Å². The molecule has 0 radical (unpaired) electrons. The van der Waals surface area contributed by atoms with E-state index in [1.807, 2.05) is 4.90 Å². The Morgan fingerprint density at radius 3 is 2.55 bits per heavy atom. The minimum atomic E-state index is -0.443. The van der Waals surface area contributed by atoms with Crippen molar-refractivity contribution >= 4 is 17.5 Å². The van der Waals surface area contributed by atoms with E-state index in [4.69, 9.17) is 11.6 Å². The number of hydrogen-bond acceptors (Lipinski definition) is 2. The van der Waals surface area contributed by atoms with Gasteiger partial charge in [0.05, 0.1) is 11.4 Å². The third-order valence-electron chi connectivity index (χ3n) is 4.36. The average Bonchev–Trinajstić information content (AvgIpc) is 2.91. The summed E-state index contributed by atoms with van der Waals surface area (Å²) in [5, 5.41) is 0.0789. The molecule has 0 bridgehead atoms. The van der Waals surface area contributed by atoms with Gasteiger partial charge in [0.15, 0.2) is 0 Å². The summed E-state index contributed by atoms with van der Waals surface area (Å²) in [6.45, 7) is 3.86. The van der Waals surface area contributed by atoms with Crippen LogP contribution in [0.25, 0.3) is 0 Å². The molecule has 2 saturated heterocycles. The molecule has 2 fully saturated rings. The van der Waals surface area contributed by atoms with E-state index in [0.717, 1.165) is 31.7 Å². The number of halogens is 2. The number of amides is 1. The van der Waals surface area contributed by atoms with Crippen molar-refractivity contribution in [2.45, 2.75) is 6.42 Å². The third-order valence-corrected chi connectivity index (χ3v) is 4.65. The Morgan fingerprint density at radius 2 is 1.95 bits per heavy atom. The first-order valence-corrected chi connectivity index (χ1v) is 7.31. The van der Waals surface area contributed by atoms with E-state index in [-0.39, 0.29) is 10.9 Å². The van der Waals surface area contributed by atoms with E-state index >= 15 is 0 Å². The van der Waals surface area contributed by atoms with Crippen LogP contribution in [-0.2, 0) is 11.2 Å². The van der Waals surface area contributed by atoms with Gasteiger partial charge in [-0.25, -0.2) is 4.39 Å². The Labute approximate surface area is 123 Å². The third kappa shape index (κ3) is 2.67. The van der Waals surface area contributed by atoms with E-state index in [1.54, 1.807) is 12.1 Å². The zero-order valence-corrected chi connectivity index (χ0v) is 12.2. The zero-order chi connectivity index (χ0) is 14.3. The number of carbonyl (C=O) groups is 1. The van der Waals surface area contributed by atoms with Crippen LogP contribution in [-0.4, -0.2) is 48.9 Å². The van der Waals surface area contributed by atoms with Crippen LogP contribution in [0.1, 0.15) is 5.56 Å². The molecule has 20 heavy (non-hydrogen) atoms. The summed E-state index contributed by atoms with van der Waals surface area (Å²) in [5.74, 6) is 0.896. The van der Waals surface area contributed by atoms with Crippen molar-refractivity contribution in [2.24, 2.45) is 11.8 Å². The molecule has 2 heterocycles. The lowest BCUT2D eigenvalue weighted by atomic mass is 10.0. The van der Waals surface area contributed by atoms with E-state index in [0.29, 0.717) is 18.3 Å². The lowest BCUT2D eigenvalue weighted by Crippen LogP contribution is -2.33. The molecule has 3 nitrogen and oxygen atoms in total. The van der Waals surface area contributed by atoms with Crippen LogP contribution in [0.3, 0.4) is 0 Å². The van der Waals surface area contributed by atoms with Crippen molar-refractivity contribution in [3.05, 3.63) is 34.6 Å². The van der Waals surface area contributed by atoms with Crippen molar-refractivity contribution in [1.82, 2.24) is 9.80 Å². The first-order valence-electron chi connectivity index (χ1n) is 6.93. The van der Waals surface area contributed by atoms with Gasteiger partial charge in [-0.2, -0.15) is 0 Å². The molecule has 1 aromatic carbocycles. The van der Waals surface area contributed by atoms with Crippen LogP contribution in [0.5, 0.6) is 0 Å². The minimum Gasteiger partial charge on any atom is -0.342 e. The van der Waals surface area contributed by atoms with Crippen LogP contribution >= 0.6 is 11.6 Å². The van der Waals surface area contributed by atoms with Gasteiger partial charge in [0, 0.05) is 26.2 Å². The molecular formula is C15H18ClFN2O. The Hall–Kier alpha value is -1.13. The summed E-state index contributed by atoms with van der Waals surface area (Å²) in [5.41, 5.74) is 0.774. The number of carbonyl (C=O) groups excluding carboxylic acids is 1. The largest absolute Gasteiger partial charge is 0.342 e. The van der Waals surface area contributed by atoms with E-state index in [9.17, 15) is 9.18 Å². The number of rotatable bonds is 2. The van der Waals surface area contributed by atoms with Gasteiger partial charge in [0.2, 0.25) is 5.91 Å². The lowest BCUT2D eigenvalue weighted by Gasteiger charge is -2.19. The van der Waals surface area contributed by atoms with Gasteiger partial charge >= 0.3 is 0 Å². The first-order chi connectivity index (χ1) is 9.52. The highest BCUT2D eigenvalue weighted by Crippen LogP contribution is 2.30. The fourth-order valence-electron chi connectivity index (χ4n) is 3.37. The normalized spacial score (nSPS) is 26.1. The van der Waals surface area contributed by atoms with Crippen molar-refractivity contribution < 1.29 is 9.18 Å². The average molecular weight is 297 g/mol. The maximum Gasteiger partial charge on any atom is 0.227 e.